The maximum atomic E-state index is 11.7. The number of nitrogens with one attached hydrogen (secondary N) is 2. The first kappa shape index (κ1) is 15.0. The Bertz CT molecular complexity index is 453. The number of hydrogen-bond acceptors (Lipinski definition) is 4. The Balaban J connectivity index is 2.02. The summed E-state index contributed by atoms with van der Waals surface area (Å²) in [5, 5.41) is 7.31. The number of rotatable bonds is 4. The molecule has 0 radical (unpaired) electrons. The topological polar surface area (TPSA) is 67.4 Å². The molecule has 0 bridgehead atoms. The zero-order valence-corrected chi connectivity index (χ0v) is 12.4. The molecule has 1 aromatic heterocycles. The van der Waals surface area contributed by atoms with E-state index in [2.05, 4.69) is 16.7 Å². The molecule has 2 rings (SSSR count). The van der Waals surface area contributed by atoms with Crippen LogP contribution < -0.4 is 10.6 Å². The molecule has 20 heavy (non-hydrogen) atoms. The predicted molar refractivity (Wildman–Crippen MR) is 77.7 cm³/mol. The van der Waals surface area contributed by atoms with Gasteiger partial charge >= 0.3 is 11.8 Å². The van der Waals surface area contributed by atoms with Gasteiger partial charge in [-0.1, -0.05) is 6.07 Å². The Morgan fingerprint density at radius 2 is 2.00 bits per heavy atom. The molecule has 6 heteroatoms. The number of amides is 2. The van der Waals surface area contributed by atoms with Crippen molar-refractivity contribution in [2.75, 3.05) is 26.3 Å². The molecular weight excluding hydrogens is 276 g/mol. The van der Waals surface area contributed by atoms with Gasteiger partial charge in [-0.25, -0.2) is 0 Å². The van der Waals surface area contributed by atoms with E-state index in [1.807, 2.05) is 11.4 Å². The number of carbonyl (C=O) groups is 2. The van der Waals surface area contributed by atoms with Crippen LogP contribution in [-0.4, -0.2) is 38.1 Å². The summed E-state index contributed by atoms with van der Waals surface area (Å²) in [5.74, 6) is -1.13. The van der Waals surface area contributed by atoms with Crippen molar-refractivity contribution in [1.29, 1.82) is 0 Å². The third kappa shape index (κ3) is 3.37. The zero-order chi connectivity index (χ0) is 14.4. The van der Waals surface area contributed by atoms with E-state index in [0.29, 0.717) is 26.3 Å². The van der Waals surface area contributed by atoms with Crippen molar-refractivity contribution in [2.24, 2.45) is 0 Å². The van der Waals surface area contributed by atoms with Crippen LogP contribution in [0, 0.1) is 0 Å². The van der Waals surface area contributed by atoms with E-state index in [4.69, 9.17) is 4.74 Å². The second kappa shape index (κ2) is 6.85. The summed E-state index contributed by atoms with van der Waals surface area (Å²) in [7, 11) is 0. The van der Waals surface area contributed by atoms with Crippen molar-refractivity contribution >= 4 is 23.2 Å². The maximum Gasteiger partial charge on any atom is 0.309 e. The van der Waals surface area contributed by atoms with Crippen molar-refractivity contribution < 1.29 is 14.3 Å². The van der Waals surface area contributed by atoms with Crippen molar-refractivity contribution in [3.63, 3.8) is 0 Å². The first-order valence-electron chi connectivity index (χ1n) is 6.86. The molecule has 0 spiro atoms. The number of carbonyl (C=O) groups excluding carboxylic acids is 2. The number of ether oxygens (including phenoxy) is 1. The van der Waals surface area contributed by atoms with Gasteiger partial charge in [-0.15, -0.1) is 11.3 Å². The highest BCUT2D eigenvalue weighted by molar-refractivity contribution is 7.10. The van der Waals surface area contributed by atoms with Gasteiger partial charge in [0.15, 0.2) is 0 Å². The fourth-order valence-electron chi connectivity index (χ4n) is 2.42. The minimum atomic E-state index is -0.569. The van der Waals surface area contributed by atoms with E-state index in [1.54, 1.807) is 18.3 Å². The smallest absolute Gasteiger partial charge is 0.309 e. The van der Waals surface area contributed by atoms with Gasteiger partial charge < -0.3 is 15.4 Å². The Hall–Kier alpha value is -1.40. The predicted octanol–water partition coefficient (Wildman–Crippen LogP) is 1.05. The molecule has 0 saturated carbocycles. The number of likely N-dealkylation sites (N-methyl/N-ethyl adjacent to an activating group) is 1. The van der Waals surface area contributed by atoms with Crippen LogP contribution in [0.4, 0.5) is 0 Å². The molecule has 1 aliphatic rings. The molecule has 0 aliphatic carbocycles. The number of thiophene rings is 1. The highest BCUT2D eigenvalue weighted by Crippen LogP contribution is 2.36. The van der Waals surface area contributed by atoms with Crippen LogP contribution in [-0.2, 0) is 19.7 Å². The summed E-state index contributed by atoms with van der Waals surface area (Å²) >= 11 is 1.69. The Morgan fingerprint density at radius 3 is 2.60 bits per heavy atom. The lowest BCUT2D eigenvalue weighted by molar-refractivity contribution is -0.139. The standard InChI is InChI=1S/C14H20N2O3S/c1-2-15-12(17)13(18)16-10-14(5-7-19-8-6-14)11-4-3-9-20-11/h3-4,9H,2,5-8,10H2,1H3,(H,15,17)(H,16,18). The summed E-state index contributed by atoms with van der Waals surface area (Å²) in [6, 6.07) is 4.11. The minimum absolute atomic E-state index is 0.103. The third-order valence-electron chi connectivity index (χ3n) is 3.62. The van der Waals surface area contributed by atoms with E-state index in [0.717, 1.165) is 12.8 Å². The second-order valence-electron chi connectivity index (χ2n) is 4.91. The van der Waals surface area contributed by atoms with Crippen LogP contribution in [0.15, 0.2) is 17.5 Å². The largest absolute Gasteiger partial charge is 0.381 e. The highest BCUT2D eigenvalue weighted by atomic mass is 32.1. The van der Waals surface area contributed by atoms with Gasteiger partial charge in [0.05, 0.1) is 0 Å². The Kier molecular flexibility index (Phi) is 5.14. The molecule has 5 nitrogen and oxygen atoms in total. The van der Waals surface area contributed by atoms with Gasteiger partial charge in [0.2, 0.25) is 0 Å². The van der Waals surface area contributed by atoms with Crippen LogP contribution in [0.3, 0.4) is 0 Å². The lowest BCUT2D eigenvalue weighted by Gasteiger charge is -2.36. The summed E-state index contributed by atoms with van der Waals surface area (Å²) in [4.78, 5) is 24.4. The van der Waals surface area contributed by atoms with E-state index in [9.17, 15) is 9.59 Å². The molecule has 0 atom stereocenters. The van der Waals surface area contributed by atoms with Gasteiger partial charge in [-0.05, 0) is 31.2 Å². The van der Waals surface area contributed by atoms with Crippen molar-refractivity contribution in [1.82, 2.24) is 10.6 Å². The molecule has 2 N–H and O–H groups in total. The van der Waals surface area contributed by atoms with E-state index in [-0.39, 0.29) is 5.41 Å². The lowest BCUT2D eigenvalue weighted by atomic mass is 9.78. The fourth-order valence-corrected chi connectivity index (χ4v) is 3.41. The molecule has 2 amide bonds. The van der Waals surface area contributed by atoms with Crippen LogP contribution in [0.1, 0.15) is 24.6 Å². The van der Waals surface area contributed by atoms with Crippen molar-refractivity contribution in [2.45, 2.75) is 25.2 Å². The molecule has 2 heterocycles. The van der Waals surface area contributed by atoms with Gasteiger partial charge in [0, 0.05) is 36.6 Å². The first-order valence-corrected chi connectivity index (χ1v) is 7.74. The van der Waals surface area contributed by atoms with Gasteiger partial charge in [-0.3, -0.25) is 9.59 Å². The summed E-state index contributed by atoms with van der Waals surface area (Å²) in [6.07, 6.45) is 1.73. The molecular formula is C14H20N2O3S. The summed E-state index contributed by atoms with van der Waals surface area (Å²) in [5.41, 5.74) is -0.103. The van der Waals surface area contributed by atoms with E-state index < -0.39 is 11.8 Å². The first-order chi connectivity index (χ1) is 9.68. The maximum absolute atomic E-state index is 11.7. The molecule has 0 unspecified atom stereocenters. The van der Waals surface area contributed by atoms with E-state index in [1.165, 1.54) is 4.88 Å². The van der Waals surface area contributed by atoms with Crippen LogP contribution >= 0.6 is 11.3 Å². The van der Waals surface area contributed by atoms with Crippen LogP contribution in [0.2, 0.25) is 0 Å². The van der Waals surface area contributed by atoms with Gasteiger partial charge in [0.1, 0.15) is 0 Å². The molecule has 110 valence electrons. The highest BCUT2D eigenvalue weighted by Gasteiger charge is 2.36. The van der Waals surface area contributed by atoms with E-state index >= 15 is 0 Å². The monoisotopic (exact) mass is 296 g/mol. The average molecular weight is 296 g/mol. The number of hydrogen-bond donors (Lipinski definition) is 2. The SMILES string of the molecule is CCNC(=O)C(=O)NCC1(c2cccs2)CCOCC1. The fraction of sp³-hybridized carbons (Fsp3) is 0.571. The van der Waals surface area contributed by atoms with Gasteiger partial charge in [0.25, 0.3) is 0 Å². The molecule has 1 saturated heterocycles. The zero-order valence-electron chi connectivity index (χ0n) is 11.6. The van der Waals surface area contributed by atoms with Crippen LogP contribution in [0.25, 0.3) is 0 Å². The molecule has 1 fully saturated rings. The average Bonchev–Trinajstić information content (AvgIpc) is 3.01. The molecule has 1 aromatic rings. The summed E-state index contributed by atoms with van der Waals surface area (Å²) < 4.78 is 5.43. The lowest BCUT2D eigenvalue weighted by Crippen LogP contribution is -2.48. The van der Waals surface area contributed by atoms with Crippen LogP contribution in [0.5, 0.6) is 0 Å². The minimum Gasteiger partial charge on any atom is -0.381 e. The molecule has 1 aliphatic heterocycles. The van der Waals surface area contributed by atoms with Crippen molar-refractivity contribution in [3.8, 4) is 0 Å². The Labute approximate surface area is 122 Å². The summed E-state index contributed by atoms with van der Waals surface area (Å²) in [6.45, 7) is 4.10. The Morgan fingerprint density at radius 1 is 1.30 bits per heavy atom. The normalized spacial score (nSPS) is 17.4. The quantitative estimate of drug-likeness (QED) is 0.816. The third-order valence-corrected chi connectivity index (χ3v) is 4.74. The molecule has 0 aromatic carbocycles. The van der Waals surface area contributed by atoms with Crippen molar-refractivity contribution in [3.05, 3.63) is 22.4 Å². The second-order valence-corrected chi connectivity index (χ2v) is 5.86. The van der Waals surface area contributed by atoms with Gasteiger partial charge in [-0.2, -0.15) is 0 Å².